The van der Waals surface area contributed by atoms with Crippen LogP contribution in [0.15, 0.2) is 54.9 Å². The van der Waals surface area contributed by atoms with Crippen LogP contribution in [0.1, 0.15) is 5.56 Å². The van der Waals surface area contributed by atoms with Crippen molar-refractivity contribution in [3.63, 3.8) is 0 Å². The molecular formula is C16H13Cl2N3. The number of imidazole rings is 1. The standard InChI is InChI=1S/C16H13Cl2N3/c17-12-3-6-14(15(18)9-12)16-20-7-8-21(16)10-11-1-4-13(19)5-2-11/h1-9H,10,19H2. The van der Waals surface area contributed by atoms with Crippen molar-refractivity contribution in [2.45, 2.75) is 6.54 Å². The minimum absolute atomic E-state index is 0.590. The summed E-state index contributed by atoms with van der Waals surface area (Å²) in [7, 11) is 0. The predicted octanol–water partition coefficient (Wildman–Crippen LogP) is 4.49. The van der Waals surface area contributed by atoms with E-state index < -0.39 is 0 Å². The van der Waals surface area contributed by atoms with Crippen molar-refractivity contribution < 1.29 is 0 Å². The van der Waals surface area contributed by atoms with Crippen molar-refractivity contribution in [3.8, 4) is 11.4 Å². The number of benzene rings is 2. The molecule has 0 saturated heterocycles. The van der Waals surface area contributed by atoms with Crippen molar-refractivity contribution in [2.75, 3.05) is 5.73 Å². The summed E-state index contributed by atoms with van der Waals surface area (Å²) in [6, 6.07) is 13.2. The predicted molar refractivity (Wildman–Crippen MR) is 87.6 cm³/mol. The molecule has 3 nitrogen and oxygen atoms in total. The lowest BCUT2D eigenvalue weighted by molar-refractivity contribution is 0.807. The van der Waals surface area contributed by atoms with E-state index in [1.54, 1.807) is 12.3 Å². The van der Waals surface area contributed by atoms with E-state index in [9.17, 15) is 0 Å². The molecule has 0 radical (unpaired) electrons. The summed E-state index contributed by atoms with van der Waals surface area (Å²) in [6.07, 6.45) is 3.69. The molecule has 0 amide bonds. The second kappa shape index (κ2) is 5.80. The van der Waals surface area contributed by atoms with Crippen LogP contribution in [0.3, 0.4) is 0 Å². The lowest BCUT2D eigenvalue weighted by Gasteiger charge is -2.10. The number of nitrogens with two attached hydrogens (primary N) is 1. The monoisotopic (exact) mass is 317 g/mol. The number of anilines is 1. The maximum absolute atomic E-state index is 6.26. The molecular weight excluding hydrogens is 305 g/mol. The number of aromatic nitrogens is 2. The van der Waals surface area contributed by atoms with Crippen molar-refractivity contribution in [1.29, 1.82) is 0 Å². The van der Waals surface area contributed by atoms with Crippen LogP contribution < -0.4 is 5.73 Å². The highest BCUT2D eigenvalue weighted by molar-refractivity contribution is 6.36. The Labute approximate surface area is 132 Å². The summed E-state index contributed by atoms with van der Waals surface area (Å²) in [5.74, 6) is 0.813. The number of nitrogens with zero attached hydrogens (tertiary/aromatic N) is 2. The second-order valence-corrected chi connectivity index (χ2v) is 5.59. The normalized spacial score (nSPS) is 10.8. The molecule has 2 N–H and O–H groups in total. The van der Waals surface area contributed by atoms with Gasteiger partial charge in [-0.25, -0.2) is 4.98 Å². The molecule has 3 rings (SSSR count). The Balaban J connectivity index is 1.95. The quantitative estimate of drug-likeness (QED) is 0.723. The zero-order valence-electron chi connectivity index (χ0n) is 11.1. The number of halogens is 2. The van der Waals surface area contributed by atoms with Crippen LogP contribution in [0.5, 0.6) is 0 Å². The summed E-state index contributed by atoms with van der Waals surface area (Å²) >= 11 is 12.2. The van der Waals surface area contributed by atoms with E-state index in [-0.39, 0.29) is 0 Å². The van der Waals surface area contributed by atoms with Gasteiger partial charge in [-0.3, -0.25) is 0 Å². The Morgan fingerprint density at radius 3 is 2.52 bits per heavy atom. The highest BCUT2D eigenvalue weighted by Crippen LogP contribution is 2.29. The SMILES string of the molecule is Nc1ccc(Cn2ccnc2-c2ccc(Cl)cc2Cl)cc1. The van der Waals surface area contributed by atoms with Gasteiger partial charge in [-0.05, 0) is 35.9 Å². The first-order chi connectivity index (χ1) is 10.1. The van der Waals surface area contributed by atoms with E-state index in [1.165, 1.54) is 0 Å². The van der Waals surface area contributed by atoms with E-state index in [4.69, 9.17) is 28.9 Å². The van der Waals surface area contributed by atoms with Gasteiger partial charge in [0.25, 0.3) is 0 Å². The van der Waals surface area contributed by atoms with Crippen LogP contribution in [0, 0.1) is 0 Å². The zero-order chi connectivity index (χ0) is 14.8. The minimum Gasteiger partial charge on any atom is -0.399 e. The Hall–Kier alpha value is -1.97. The molecule has 0 aliphatic rings. The molecule has 0 bridgehead atoms. The minimum atomic E-state index is 0.590. The molecule has 0 aliphatic heterocycles. The van der Waals surface area contributed by atoms with Crippen LogP contribution in [0.4, 0.5) is 5.69 Å². The number of nitrogen functional groups attached to an aromatic ring is 1. The van der Waals surface area contributed by atoms with Crippen LogP contribution >= 0.6 is 23.2 Å². The maximum atomic E-state index is 6.26. The molecule has 5 heteroatoms. The van der Waals surface area contributed by atoms with E-state index in [0.717, 1.165) is 22.6 Å². The molecule has 0 aliphatic carbocycles. The lowest BCUT2D eigenvalue weighted by atomic mass is 10.2. The number of hydrogen-bond donors (Lipinski definition) is 1. The third kappa shape index (κ3) is 3.04. The average Bonchev–Trinajstić information content (AvgIpc) is 2.89. The highest BCUT2D eigenvalue weighted by atomic mass is 35.5. The molecule has 21 heavy (non-hydrogen) atoms. The summed E-state index contributed by atoms with van der Waals surface area (Å²) < 4.78 is 2.04. The molecule has 0 atom stereocenters. The van der Waals surface area contributed by atoms with Gasteiger partial charge >= 0.3 is 0 Å². The fourth-order valence-electron chi connectivity index (χ4n) is 2.17. The zero-order valence-corrected chi connectivity index (χ0v) is 12.6. The smallest absolute Gasteiger partial charge is 0.141 e. The van der Waals surface area contributed by atoms with E-state index >= 15 is 0 Å². The molecule has 106 valence electrons. The van der Waals surface area contributed by atoms with Crippen molar-refractivity contribution in [1.82, 2.24) is 9.55 Å². The Kier molecular flexibility index (Phi) is 3.86. The second-order valence-electron chi connectivity index (χ2n) is 4.74. The summed E-state index contributed by atoms with van der Waals surface area (Å²) in [5.41, 5.74) is 8.47. The molecule has 1 heterocycles. The molecule has 0 fully saturated rings. The van der Waals surface area contributed by atoms with E-state index in [0.29, 0.717) is 16.6 Å². The Morgan fingerprint density at radius 1 is 1.05 bits per heavy atom. The topological polar surface area (TPSA) is 43.8 Å². The van der Waals surface area contributed by atoms with E-state index in [1.807, 2.05) is 47.2 Å². The highest BCUT2D eigenvalue weighted by Gasteiger charge is 2.10. The molecule has 1 aromatic heterocycles. The van der Waals surface area contributed by atoms with Crippen molar-refractivity contribution >= 4 is 28.9 Å². The maximum Gasteiger partial charge on any atom is 0.141 e. The first-order valence-electron chi connectivity index (χ1n) is 6.44. The van der Waals surface area contributed by atoms with Crippen molar-refractivity contribution in [2.24, 2.45) is 0 Å². The Morgan fingerprint density at radius 2 is 1.81 bits per heavy atom. The van der Waals surface area contributed by atoms with Gasteiger partial charge in [0, 0.05) is 35.2 Å². The molecule has 0 unspecified atom stereocenters. The molecule has 0 spiro atoms. The molecule has 3 aromatic rings. The average molecular weight is 318 g/mol. The van der Waals surface area contributed by atoms with Gasteiger partial charge < -0.3 is 10.3 Å². The van der Waals surface area contributed by atoms with Crippen molar-refractivity contribution in [3.05, 3.63) is 70.5 Å². The fourth-order valence-corrected chi connectivity index (χ4v) is 2.66. The third-order valence-electron chi connectivity index (χ3n) is 3.22. The van der Waals surface area contributed by atoms with Gasteiger partial charge in [-0.1, -0.05) is 35.3 Å². The fraction of sp³-hybridized carbons (Fsp3) is 0.0625. The third-order valence-corrected chi connectivity index (χ3v) is 3.77. The van der Waals surface area contributed by atoms with Crippen LogP contribution in [-0.4, -0.2) is 9.55 Å². The summed E-state index contributed by atoms with van der Waals surface area (Å²) in [5, 5.41) is 1.20. The van der Waals surface area contributed by atoms with Crippen LogP contribution in [0.2, 0.25) is 10.0 Å². The summed E-state index contributed by atoms with van der Waals surface area (Å²) in [6.45, 7) is 0.703. The first-order valence-corrected chi connectivity index (χ1v) is 7.20. The molecule has 0 saturated carbocycles. The Bertz CT molecular complexity index is 763. The van der Waals surface area contributed by atoms with Gasteiger partial charge in [-0.2, -0.15) is 0 Å². The first kappa shape index (κ1) is 14.0. The van der Waals surface area contributed by atoms with Gasteiger partial charge in [0.05, 0.1) is 5.02 Å². The number of hydrogen-bond acceptors (Lipinski definition) is 2. The van der Waals surface area contributed by atoms with Gasteiger partial charge in [0.2, 0.25) is 0 Å². The summed E-state index contributed by atoms with van der Waals surface area (Å²) in [4.78, 5) is 4.40. The molecule has 2 aromatic carbocycles. The number of rotatable bonds is 3. The van der Waals surface area contributed by atoms with Gasteiger partial charge in [-0.15, -0.1) is 0 Å². The van der Waals surface area contributed by atoms with E-state index in [2.05, 4.69) is 4.98 Å². The van der Waals surface area contributed by atoms with Gasteiger partial charge in [0.1, 0.15) is 5.82 Å². The largest absolute Gasteiger partial charge is 0.399 e. The lowest BCUT2D eigenvalue weighted by Crippen LogP contribution is -2.01. The van der Waals surface area contributed by atoms with Crippen LogP contribution in [0.25, 0.3) is 11.4 Å². The van der Waals surface area contributed by atoms with Crippen LogP contribution in [-0.2, 0) is 6.54 Å². The van der Waals surface area contributed by atoms with Gasteiger partial charge in [0.15, 0.2) is 0 Å².